The van der Waals surface area contributed by atoms with E-state index < -0.39 is 5.60 Å². The van der Waals surface area contributed by atoms with Crippen LogP contribution in [0.5, 0.6) is 0 Å². The van der Waals surface area contributed by atoms with Crippen molar-refractivity contribution in [3.05, 3.63) is 30.4 Å². The number of nitrogens with one attached hydrogen (secondary N) is 1. The van der Waals surface area contributed by atoms with Gasteiger partial charge < -0.3 is 15.0 Å². The maximum atomic E-state index is 12.5. The predicted octanol–water partition coefficient (Wildman–Crippen LogP) is 2.83. The Bertz CT molecular complexity index is 852. The molecule has 4 heterocycles. The Labute approximate surface area is 170 Å². The van der Waals surface area contributed by atoms with Gasteiger partial charge in [-0.2, -0.15) is 5.10 Å². The van der Waals surface area contributed by atoms with Crippen LogP contribution in [0.15, 0.2) is 29.6 Å². The van der Waals surface area contributed by atoms with Gasteiger partial charge in [-0.1, -0.05) is 0 Å². The summed E-state index contributed by atoms with van der Waals surface area (Å²) in [5.41, 5.74) is 0.422. The highest BCUT2D eigenvalue weighted by Gasteiger charge is 2.50. The zero-order chi connectivity index (χ0) is 19.9. The van der Waals surface area contributed by atoms with Crippen molar-refractivity contribution >= 4 is 24.7 Å². The molecule has 9 heteroatoms. The normalized spacial score (nSPS) is 20.9. The van der Waals surface area contributed by atoms with E-state index in [9.17, 15) is 4.79 Å². The van der Waals surface area contributed by atoms with E-state index in [1.54, 1.807) is 18.6 Å². The Hall–Kier alpha value is -2.29. The lowest BCUT2D eigenvalue weighted by Crippen LogP contribution is -2.48. The van der Waals surface area contributed by atoms with Crippen LogP contribution in [0.25, 0.3) is 0 Å². The third kappa shape index (κ3) is 3.67. The average Bonchev–Trinajstić information content (AvgIpc) is 3.16. The Morgan fingerprint density at radius 3 is 2.61 bits per heavy atom. The molecular formula is C19H26N6O2S. The van der Waals surface area contributed by atoms with E-state index in [4.69, 9.17) is 4.74 Å². The van der Waals surface area contributed by atoms with Crippen molar-refractivity contribution < 1.29 is 9.53 Å². The fourth-order valence-corrected chi connectivity index (χ4v) is 4.27. The van der Waals surface area contributed by atoms with E-state index in [1.807, 2.05) is 31.5 Å². The second kappa shape index (κ2) is 6.95. The molecule has 150 valence electrons. The van der Waals surface area contributed by atoms with Crippen molar-refractivity contribution in [2.75, 3.05) is 18.0 Å². The summed E-state index contributed by atoms with van der Waals surface area (Å²) in [4.78, 5) is 24.2. The molecule has 1 saturated heterocycles. The quantitative estimate of drug-likeness (QED) is 0.752. The second-order valence-corrected chi connectivity index (χ2v) is 9.10. The van der Waals surface area contributed by atoms with Crippen LogP contribution in [0.1, 0.15) is 45.3 Å². The molecule has 2 aliphatic rings. The van der Waals surface area contributed by atoms with Crippen LogP contribution in [0.3, 0.4) is 0 Å². The summed E-state index contributed by atoms with van der Waals surface area (Å²) in [6, 6.07) is 1.87. The SMILES string of the molecule is CC(C)(C)OC(=O)N[C@@H]1c2ccnn2CC12CCN(c1ncc(S)cn1)CC2. The summed E-state index contributed by atoms with van der Waals surface area (Å²) in [5.74, 6) is 0.722. The van der Waals surface area contributed by atoms with Crippen LogP contribution in [-0.2, 0) is 11.3 Å². The molecule has 0 aliphatic carbocycles. The van der Waals surface area contributed by atoms with E-state index in [1.165, 1.54) is 0 Å². The highest BCUT2D eigenvalue weighted by Crippen LogP contribution is 2.49. The molecule has 1 atom stereocenters. The van der Waals surface area contributed by atoms with Crippen molar-refractivity contribution in [3.8, 4) is 0 Å². The average molecular weight is 403 g/mol. The summed E-state index contributed by atoms with van der Waals surface area (Å²) < 4.78 is 7.51. The number of piperidine rings is 1. The second-order valence-electron chi connectivity index (χ2n) is 8.58. The van der Waals surface area contributed by atoms with Crippen molar-refractivity contribution in [1.82, 2.24) is 25.1 Å². The summed E-state index contributed by atoms with van der Waals surface area (Å²) in [7, 11) is 0. The number of carbonyl (C=O) groups is 1. The number of nitrogens with zero attached hydrogens (tertiary/aromatic N) is 5. The maximum Gasteiger partial charge on any atom is 0.408 e. The van der Waals surface area contributed by atoms with Gasteiger partial charge in [-0.05, 0) is 39.7 Å². The molecular weight excluding hydrogens is 376 g/mol. The first-order chi connectivity index (χ1) is 13.3. The Morgan fingerprint density at radius 1 is 1.29 bits per heavy atom. The van der Waals surface area contributed by atoms with Crippen molar-refractivity contribution in [1.29, 1.82) is 0 Å². The van der Waals surface area contributed by atoms with Crippen LogP contribution < -0.4 is 10.2 Å². The van der Waals surface area contributed by atoms with Gasteiger partial charge in [0.05, 0.1) is 11.7 Å². The van der Waals surface area contributed by atoms with Gasteiger partial charge in [-0.3, -0.25) is 4.68 Å². The van der Waals surface area contributed by atoms with Crippen LogP contribution in [0, 0.1) is 5.41 Å². The molecule has 2 aromatic rings. The molecule has 1 amide bonds. The summed E-state index contributed by atoms with van der Waals surface area (Å²) in [6.45, 7) is 8.05. The van der Waals surface area contributed by atoms with E-state index in [2.05, 4.69) is 37.9 Å². The first-order valence-electron chi connectivity index (χ1n) is 9.53. The number of thiol groups is 1. The molecule has 1 fully saturated rings. The van der Waals surface area contributed by atoms with Gasteiger partial charge in [-0.15, -0.1) is 12.6 Å². The summed E-state index contributed by atoms with van der Waals surface area (Å²) in [5, 5.41) is 7.56. The number of carbonyl (C=O) groups excluding carboxylic acids is 1. The molecule has 0 unspecified atom stereocenters. The molecule has 8 nitrogen and oxygen atoms in total. The molecule has 2 aliphatic heterocycles. The molecule has 1 spiro atoms. The van der Waals surface area contributed by atoms with Gasteiger partial charge in [0, 0.05) is 48.5 Å². The molecule has 0 aromatic carbocycles. The number of hydrogen-bond acceptors (Lipinski definition) is 7. The first-order valence-corrected chi connectivity index (χ1v) is 9.98. The number of anilines is 1. The molecule has 0 bridgehead atoms. The van der Waals surface area contributed by atoms with Crippen molar-refractivity contribution in [2.45, 2.75) is 56.7 Å². The van der Waals surface area contributed by atoms with Gasteiger partial charge in [0.25, 0.3) is 0 Å². The number of amides is 1. The highest BCUT2D eigenvalue weighted by molar-refractivity contribution is 7.80. The fourth-order valence-electron chi connectivity index (χ4n) is 4.15. The molecule has 0 saturated carbocycles. The Kier molecular flexibility index (Phi) is 4.73. The largest absolute Gasteiger partial charge is 0.444 e. The van der Waals surface area contributed by atoms with E-state index >= 15 is 0 Å². The van der Waals surface area contributed by atoms with E-state index in [-0.39, 0.29) is 17.6 Å². The molecule has 1 N–H and O–H groups in total. The minimum Gasteiger partial charge on any atom is -0.444 e. The smallest absolute Gasteiger partial charge is 0.408 e. The van der Waals surface area contributed by atoms with Crippen LogP contribution in [0.2, 0.25) is 0 Å². The summed E-state index contributed by atoms with van der Waals surface area (Å²) >= 11 is 4.25. The standard InChI is InChI=1S/C19H26N6O2S/c1-18(2,3)27-17(26)23-15-14-4-7-22-25(14)12-19(15)5-8-24(9-6-19)16-20-10-13(28)11-21-16/h4,7,10-11,15,28H,5-6,8-9,12H2,1-3H3,(H,23,26)/t15-/m1/s1. The fraction of sp³-hybridized carbons (Fsp3) is 0.579. The minimum atomic E-state index is -0.532. The van der Waals surface area contributed by atoms with Crippen LogP contribution in [-0.4, -0.2) is 44.5 Å². The number of fused-ring (bicyclic) bond motifs is 1. The number of hydrogen-bond donors (Lipinski definition) is 2. The predicted molar refractivity (Wildman–Crippen MR) is 108 cm³/mol. The lowest BCUT2D eigenvalue weighted by molar-refractivity contribution is 0.0423. The van der Waals surface area contributed by atoms with Gasteiger partial charge in [-0.25, -0.2) is 14.8 Å². The zero-order valence-electron chi connectivity index (χ0n) is 16.4. The van der Waals surface area contributed by atoms with Crippen LogP contribution >= 0.6 is 12.6 Å². The lowest BCUT2D eigenvalue weighted by Gasteiger charge is -2.42. The van der Waals surface area contributed by atoms with Crippen molar-refractivity contribution in [2.24, 2.45) is 5.41 Å². The molecule has 2 aromatic heterocycles. The minimum absolute atomic E-state index is 0.0829. The van der Waals surface area contributed by atoms with E-state index in [0.717, 1.165) is 49.0 Å². The van der Waals surface area contributed by atoms with Gasteiger partial charge in [0.2, 0.25) is 5.95 Å². The topological polar surface area (TPSA) is 85.2 Å². The summed E-state index contributed by atoms with van der Waals surface area (Å²) in [6.07, 6.45) is 6.64. The Balaban J connectivity index is 1.50. The highest BCUT2D eigenvalue weighted by atomic mass is 32.1. The third-order valence-corrected chi connectivity index (χ3v) is 5.68. The number of ether oxygens (including phenoxy) is 1. The third-order valence-electron chi connectivity index (χ3n) is 5.45. The molecule has 28 heavy (non-hydrogen) atoms. The van der Waals surface area contributed by atoms with Gasteiger partial charge in [0.15, 0.2) is 0 Å². The zero-order valence-corrected chi connectivity index (χ0v) is 17.3. The van der Waals surface area contributed by atoms with Crippen LogP contribution in [0.4, 0.5) is 10.7 Å². The maximum absolute atomic E-state index is 12.5. The first kappa shape index (κ1) is 19.0. The number of rotatable bonds is 2. The molecule has 0 radical (unpaired) electrons. The monoisotopic (exact) mass is 402 g/mol. The lowest BCUT2D eigenvalue weighted by atomic mass is 9.73. The van der Waals surface area contributed by atoms with E-state index in [0.29, 0.717) is 0 Å². The number of aromatic nitrogens is 4. The van der Waals surface area contributed by atoms with Crippen molar-refractivity contribution in [3.63, 3.8) is 0 Å². The Morgan fingerprint density at radius 2 is 1.96 bits per heavy atom. The number of alkyl carbamates (subject to hydrolysis) is 1. The molecule has 4 rings (SSSR count). The van der Waals surface area contributed by atoms with Gasteiger partial charge >= 0.3 is 6.09 Å². The van der Waals surface area contributed by atoms with Gasteiger partial charge in [0.1, 0.15) is 5.60 Å².